The van der Waals surface area contributed by atoms with Crippen LogP contribution in [0.5, 0.6) is 5.88 Å². The third kappa shape index (κ3) is 3.54. The van der Waals surface area contributed by atoms with Gasteiger partial charge in [0.1, 0.15) is 11.6 Å². The van der Waals surface area contributed by atoms with Gasteiger partial charge in [-0.2, -0.15) is 9.78 Å². The first-order valence-corrected chi connectivity index (χ1v) is 11.3. The normalized spacial score (nSPS) is 16.2. The summed E-state index contributed by atoms with van der Waals surface area (Å²) in [5.41, 5.74) is 2.80. The van der Waals surface area contributed by atoms with Gasteiger partial charge in [0.05, 0.1) is 16.6 Å². The fourth-order valence-electron chi connectivity index (χ4n) is 4.68. The molecule has 154 valence electrons. The fourth-order valence-corrected chi connectivity index (χ4v) is 4.81. The van der Waals surface area contributed by atoms with E-state index in [1.807, 2.05) is 53.3 Å². The second kappa shape index (κ2) is 8.27. The molecule has 1 saturated carbocycles. The predicted molar refractivity (Wildman–Crippen MR) is 123 cm³/mol. The maximum absolute atomic E-state index is 6.75. The van der Waals surface area contributed by atoms with Crippen LogP contribution in [0.4, 0.5) is 0 Å². The molecule has 1 atom stereocenters. The maximum Gasteiger partial charge on any atom is 0.226 e. The van der Waals surface area contributed by atoms with E-state index in [1.54, 1.807) is 0 Å². The monoisotopic (exact) mass is 419 g/mol. The molecule has 2 heterocycles. The number of hydrogen-bond acceptors (Lipinski definition) is 3. The molecule has 1 aliphatic carbocycles. The van der Waals surface area contributed by atoms with E-state index in [0.717, 1.165) is 39.8 Å². The first-order chi connectivity index (χ1) is 14.7. The number of fused-ring (bicyclic) bond motifs is 3. The molecule has 2 aromatic carbocycles. The average Bonchev–Trinajstić information content (AvgIpc) is 3.17. The number of ether oxygens (including phenoxy) is 1. The average molecular weight is 420 g/mol. The highest BCUT2D eigenvalue weighted by atomic mass is 35.5. The molecular weight excluding hydrogens is 394 g/mol. The van der Waals surface area contributed by atoms with Gasteiger partial charge in [-0.3, -0.25) is 4.98 Å². The van der Waals surface area contributed by atoms with E-state index < -0.39 is 0 Å². The van der Waals surface area contributed by atoms with Gasteiger partial charge in [0.15, 0.2) is 0 Å². The summed E-state index contributed by atoms with van der Waals surface area (Å²) in [6, 6.07) is 15.9. The highest BCUT2D eigenvalue weighted by molar-refractivity contribution is 6.30. The lowest BCUT2D eigenvalue weighted by Crippen LogP contribution is -2.29. The van der Waals surface area contributed by atoms with Crippen molar-refractivity contribution in [2.75, 3.05) is 0 Å². The zero-order valence-corrected chi connectivity index (χ0v) is 18.0. The fraction of sp³-hybridized carbons (Fsp3) is 0.360. The van der Waals surface area contributed by atoms with Crippen molar-refractivity contribution in [3.05, 3.63) is 59.8 Å². The smallest absolute Gasteiger partial charge is 0.226 e. The molecule has 4 aromatic rings. The van der Waals surface area contributed by atoms with Crippen LogP contribution in [0, 0.1) is 5.92 Å². The minimum atomic E-state index is 0.183. The van der Waals surface area contributed by atoms with Crippen molar-refractivity contribution in [1.82, 2.24) is 14.8 Å². The zero-order valence-electron chi connectivity index (χ0n) is 17.2. The van der Waals surface area contributed by atoms with Crippen molar-refractivity contribution in [3.8, 4) is 11.6 Å². The van der Waals surface area contributed by atoms with Gasteiger partial charge in [0, 0.05) is 16.6 Å². The summed E-state index contributed by atoms with van der Waals surface area (Å²) in [5.74, 6) is 1.38. The number of rotatable bonds is 5. The van der Waals surface area contributed by atoms with Crippen LogP contribution < -0.4 is 4.74 Å². The molecule has 0 spiro atoms. The number of halogens is 1. The van der Waals surface area contributed by atoms with Crippen LogP contribution in [0.15, 0.2) is 54.7 Å². The molecule has 30 heavy (non-hydrogen) atoms. The molecule has 0 aliphatic heterocycles. The first-order valence-electron chi connectivity index (χ1n) is 10.9. The van der Waals surface area contributed by atoms with E-state index >= 15 is 0 Å². The Kier molecular flexibility index (Phi) is 5.34. The molecule has 0 saturated heterocycles. The minimum absolute atomic E-state index is 0.183. The van der Waals surface area contributed by atoms with Gasteiger partial charge in [0.2, 0.25) is 5.88 Å². The molecule has 0 amide bonds. The Morgan fingerprint density at radius 2 is 1.80 bits per heavy atom. The van der Waals surface area contributed by atoms with Crippen molar-refractivity contribution in [1.29, 1.82) is 0 Å². The summed E-state index contributed by atoms with van der Waals surface area (Å²) >= 11 is 6.13. The van der Waals surface area contributed by atoms with Gasteiger partial charge < -0.3 is 4.74 Å². The minimum Gasteiger partial charge on any atom is -0.474 e. The number of para-hydroxylation sites is 1. The summed E-state index contributed by atoms with van der Waals surface area (Å²) in [6.45, 7) is 2.22. The van der Waals surface area contributed by atoms with Crippen LogP contribution in [-0.4, -0.2) is 20.9 Å². The number of nitrogens with zero attached hydrogens (tertiary/aromatic N) is 3. The molecule has 0 radical (unpaired) electrons. The summed E-state index contributed by atoms with van der Waals surface area (Å²) in [7, 11) is 0. The van der Waals surface area contributed by atoms with Crippen LogP contribution in [-0.2, 0) is 0 Å². The van der Waals surface area contributed by atoms with Crippen molar-refractivity contribution in [2.24, 2.45) is 5.92 Å². The third-order valence-corrected chi connectivity index (χ3v) is 6.53. The Bertz CT molecular complexity index is 1160. The van der Waals surface area contributed by atoms with Crippen LogP contribution in [0.2, 0.25) is 5.02 Å². The lowest BCUT2D eigenvalue weighted by atomic mass is 9.84. The number of hydrogen-bond donors (Lipinski definition) is 0. The third-order valence-electron chi connectivity index (χ3n) is 6.28. The van der Waals surface area contributed by atoms with Crippen LogP contribution in [0.3, 0.4) is 0 Å². The van der Waals surface area contributed by atoms with Crippen molar-refractivity contribution in [2.45, 2.75) is 51.6 Å². The van der Waals surface area contributed by atoms with Gasteiger partial charge in [-0.05, 0) is 55.5 Å². The highest BCUT2D eigenvalue weighted by Crippen LogP contribution is 2.36. The van der Waals surface area contributed by atoms with E-state index in [2.05, 4.69) is 18.0 Å². The Balaban J connectivity index is 1.66. The molecule has 0 bridgehead atoms. The van der Waals surface area contributed by atoms with Crippen LogP contribution in [0.1, 0.15) is 45.4 Å². The largest absolute Gasteiger partial charge is 0.474 e. The second-order valence-corrected chi connectivity index (χ2v) is 8.63. The van der Waals surface area contributed by atoms with Crippen LogP contribution in [0.25, 0.3) is 27.5 Å². The molecule has 1 fully saturated rings. The molecule has 1 aliphatic rings. The van der Waals surface area contributed by atoms with Gasteiger partial charge >= 0.3 is 0 Å². The SMILES string of the molecule is CCC(Oc1c2cnc3ccccc3c2nn1-c1ccc(Cl)cc1)C1CCCCC1. The zero-order chi connectivity index (χ0) is 20.5. The van der Waals surface area contributed by atoms with E-state index in [1.165, 1.54) is 32.1 Å². The van der Waals surface area contributed by atoms with Gasteiger partial charge in [0.25, 0.3) is 0 Å². The summed E-state index contributed by atoms with van der Waals surface area (Å²) < 4.78 is 8.67. The topological polar surface area (TPSA) is 39.9 Å². The molecule has 2 aromatic heterocycles. The second-order valence-electron chi connectivity index (χ2n) is 8.19. The van der Waals surface area contributed by atoms with Crippen LogP contribution >= 0.6 is 11.6 Å². The van der Waals surface area contributed by atoms with Crippen molar-refractivity contribution < 1.29 is 4.74 Å². The number of benzene rings is 2. The molecule has 1 unspecified atom stereocenters. The van der Waals surface area contributed by atoms with Gasteiger partial charge in [-0.25, -0.2) is 0 Å². The Morgan fingerprint density at radius 1 is 1.03 bits per heavy atom. The molecule has 4 nitrogen and oxygen atoms in total. The summed E-state index contributed by atoms with van der Waals surface area (Å²) in [4.78, 5) is 4.68. The van der Waals surface area contributed by atoms with Gasteiger partial charge in [-0.1, -0.05) is 56.0 Å². The Hall–Kier alpha value is -2.59. The highest BCUT2D eigenvalue weighted by Gasteiger charge is 2.27. The summed E-state index contributed by atoms with van der Waals surface area (Å²) in [5, 5.41) is 7.69. The van der Waals surface area contributed by atoms with E-state index in [9.17, 15) is 0 Å². The molecular formula is C25H26ClN3O. The Morgan fingerprint density at radius 3 is 2.57 bits per heavy atom. The lowest BCUT2D eigenvalue weighted by molar-refractivity contribution is 0.0978. The molecule has 5 rings (SSSR count). The van der Waals surface area contributed by atoms with Gasteiger partial charge in [-0.15, -0.1) is 0 Å². The van der Waals surface area contributed by atoms with Crippen molar-refractivity contribution >= 4 is 33.4 Å². The lowest BCUT2D eigenvalue weighted by Gasteiger charge is -2.30. The maximum atomic E-state index is 6.75. The first kappa shape index (κ1) is 19.4. The van der Waals surface area contributed by atoms with E-state index in [-0.39, 0.29) is 6.10 Å². The Labute approximate surface area is 181 Å². The molecule has 5 heteroatoms. The standard InChI is InChI=1S/C25H26ClN3O/c1-2-23(17-8-4-3-5-9-17)30-25-21-16-27-22-11-7-6-10-20(22)24(21)28-29(25)19-14-12-18(26)13-15-19/h6-7,10-17,23H,2-5,8-9H2,1H3. The van der Waals surface area contributed by atoms with E-state index in [0.29, 0.717) is 10.9 Å². The number of pyridine rings is 1. The summed E-state index contributed by atoms with van der Waals surface area (Å²) in [6.07, 6.45) is 9.50. The van der Waals surface area contributed by atoms with Crippen molar-refractivity contribution in [3.63, 3.8) is 0 Å². The van der Waals surface area contributed by atoms with E-state index in [4.69, 9.17) is 21.4 Å². The quantitative estimate of drug-likeness (QED) is 0.350. The molecule has 0 N–H and O–H groups in total. The number of aromatic nitrogens is 3. The predicted octanol–water partition coefficient (Wildman–Crippen LogP) is 6.96.